The van der Waals surface area contributed by atoms with E-state index in [1.807, 2.05) is 26.2 Å². The molecule has 4 heteroatoms. The third-order valence-electron chi connectivity index (χ3n) is 3.27. The average Bonchev–Trinajstić information content (AvgIpc) is 2.88. The molecule has 0 aliphatic rings. The molecule has 0 radical (unpaired) electrons. The van der Waals surface area contributed by atoms with Crippen molar-refractivity contribution in [2.24, 2.45) is 5.92 Å². The summed E-state index contributed by atoms with van der Waals surface area (Å²) in [5.41, 5.74) is 2.23. The van der Waals surface area contributed by atoms with Gasteiger partial charge in [-0.25, -0.2) is 0 Å². The van der Waals surface area contributed by atoms with Gasteiger partial charge in [0.15, 0.2) is 0 Å². The Morgan fingerprint density at radius 1 is 1.20 bits per heavy atom. The van der Waals surface area contributed by atoms with Crippen molar-refractivity contribution in [3.63, 3.8) is 0 Å². The highest BCUT2D eigenvalue weighted by atomic mass is 35.5. The largest absolute Gasteiger partial charge is 0.376 e. The van der Waals surface area contributed by atoms with E-state index < -0.39 is 0 Å². The van der Waals surface area contributed by atoms with Crippen molar-refractivity contribution in [2.75, 3.05) is 24.3 Å². The number of nitrogens with zero attached hydrogens (tertiary/aromatic N) is 1. The Morgan fingerprint density at radius 2 is 1.95 bits per heavy atom. The van der Waals surface area contributed by atoms with E-state index >= 15 is 0 Å². The van der Waals surface area contributed by atoms with Gasteiger partial charge < -0.3 is 10.2 Å². The molecule has 0 amide bonds. The van der Waals surface area contributed by atoms with Crippen molar-refractivity contribution in [1.29, 1.82) is 0 Å². The van der Waals surface area contributed by atoms with Crippen LogP contribution < -0.4 is 10.2 Å². The van der Waals surface area contributed by atoms with Crippen LogP contribution in [0.15, 0.2) is 35.7 Å². The average molecular weight is 309 g/mol. The number of rotatable bonds is 5. The van der Waals surface area contributed by atoms with Gasteiger partial charge in [-0.15, -0.1) is 11.3 Å². The predicted molar refractivity (Wildman–Crippen MR) is 91.3 cm³/mol. The quantitative estimate of drug-likeness (QED) is 0.808. The van der Waals surface area contributed by atoms with E-state index in [2.05, 4.69) is 47.6 Å². The van der Waals surface area contributed by atoms with E-state index in [1.54, 1.807) is 11.3 Å². The van der Waals surface area contributed by atoms with E-state index in [9.17, 15) is 0 Å². The summed E-state index contributed by atoms with van der Waals surface area (Å²) in [6.45, 7) is 4.47. The molecule has 2 aromatic rings. The van der Waals surface area contributed by atoms with E-state index in [-0.39, 0.29) is 0 Å². The lowest BCUT2D eigenvalue weighted by molar-refractivity contribution is 0.554. The molecule has 1 atom stereocenters. The van der Waals surface area contributed by atoms with Crippen molar-refractivity contribution < 1.29 is 0 Å². The summed E-state index contributed by atoms with van der Waals surface area (Å²) in [6.07, 6.45) is 0. The zero-order chi connectivity index (χ0) is 14.7. The van der Waals surface area contributed by atoms with Crippen molar-refractivity contribution in [2.45, 2.75) is 19.9 Å². The molecule has 0 aliphatic carbocycles. The van der Waals surface area contributed by atoms with Crippen LogP contribution in [-0.2, 0) is 0 Å². The first-order chi connectivity index (χ1) is 9.49. The molecule has 1 aromatic heterocycles. The molecular formula is C16H21ClN2S. The summed E-state index contributed by atoms with van der Waals surface area (Å²) in [7, 11) is 4.09. The maximum absolute atomic E-state index is 6.15. The van der Waals surface area contributed by atoms with E-state index in [1.165, 1.54) is 4.88 Å². The zero-order valence-electron chi connectivity index (χ0n) is 12.4. The topological polar surface area (TPSA) is 15.3 Å². The van der Waals surface area contributed by atoms with Crippen LogP contribution in [0.1, 0.15) is 24.8 Å². The van der Waals surface area contributed by atoms with Crippen LogP contribution in [0.4, 0.5) is 11.4 Å². The Kier molecular flexibility index (Phi) is 4.95. The Labute approximate surface area is 130 Å². The molecule has 0 aliphatic heterocycles. The second-order valence-corrected chi connectivity index (χ2v) is 6.85. The van der Waals surface area contributed by atoms with E-state index in [0.29, 0.717) is 12.0 Å². The SMILES string of the molecule is CC(C)C(Nc1cc(Cl)ccc1N(C)C)c1cccs1. The van der Waals surface area contributed by atoms with Gasteiger partial charge in [0, 0.05) is 24.0 Å². The molecule has 1 heterocycles. The Bertz CT molecular complexity index is 550. The molecule has 20 heavy (non-hydrogen) atoms. The molecule has 2 nitrogen and oxygen atoms in total. The van der Waals surface area contributed by atoms with Crippen molar-refractivity contribution in [3.8, 4) is 0 Å². The van der Waals surface area contributed by atoms with Gasteiger partial charge in [0.2, 0.25) is 0 Å². The van der Waals surface area contributed by atoms with Crippen LogP contribution in [0.2, 0.25) is 5.02 Å². The molecule has 0 bridgehead atoms. The minimum Gasteiger partial charge on any atom is -0.376 e. The Morgan fingerprint density at radius 3 is 2.50 bits per heavy atom. The number of halogens is 1. The van der Waals surface area contributed by atoms with Crippen molar-refractivity contribution >= 4 is 34.3 Å². The first-order valence-corrected chi connectivity index (χ1v) is 8.01. The second-order valence-electron chi connectivity index (χ2n) is 5.44. The highest BCUT2D eigenvalue weighted by Crippen LogP contribution is 2.35. The minimum atomic E-state index is 0.298. The number of anilines is 2. The lowest BCUT2D eigenvalue weighted by Gasteiger charge is -2.26. The smallest absolute Gasteiger partial charge is 0.0630 e. The first kappa shape index (κ1) is 15.2. The van der Waals surface area contributed by atoms with Crippen LogP contribution >= 0.6 is 22.9 Å². The van der Waals surface area contributed by atoms with E-state index in [0.717, 1.165) is 16.4 Å². The third kappa shape index (κ3) is 3.47. The fourth-order valence-corrected chi connectivity index (χ4v) is 3.34. The second kappa shape index (κ2) is 6.51. The molecule has 0 saturated carbocycles. The summed E-state index contributed by atoms with van der Waals surface area (Å²) in [4.78, 5) is 3.45. The van der Waals surface area contributed by atoms with Crippen molar-refractivity contribution in [1.82, 2.24) is 0 Å². The van der Waals surface area contributed by atoms with Gasteiger partial charge in [0.1, 0.15) is 0 Å². The maximum atomic E-state index is 6.15. The van der Waals surface area contributed by atoms with Crippen LogP contribution in [-0.4, -0.2) is 14.1 Å². The molecule has 1 unspecified atom stereocenters. The normalized spacial score (nSPS) is 12.5. The molecular weight excluding hydrogens is 288 g/mol. The maximum Gasteiger partial charge on any atom is 0.0630 e. The van der Waals surface area contributed by atoms with Crippen LogP contribution in [0.5, 0.6) is 0 Å². The van der Waals surface area contributed by atoms with Crippen LogP contribution in [0.3, 0.4) is 0 Å². The van der Waals surface area contributed by atoms with Crippen LogP contribution in [0.25, 0.3) is 0 Å². The summed E-state index contributed by atoms with van der Waals surface area (Å²) in [6, 6.07) is 10.6. The van der Waals surface area contributed by atoms with Gasteiger partial charge in [-0.05, 0) is 35.6 Å². The predicted octanol–water partition coefficient (Wildman–Crippen LogP) is 5.28. The number of nitrogens with one attached hydrogen (secondary N) is 1. The molecule has 0 spiro atoms. The fraction of sp³-hybridized carbons (Fsp3) is 0.375. The summed E-state index contributed by atoms with van der Waals surface area (Å²) >= 11 is 7.94. The lowest BCUT2D eigenvalue weighted by atomic mass is 10.0. The van der Waals surface area contributed by atoms with E-state index in [4.69, 9.17) is 11.6 Å². The van der Waals surface area contributed by atoms with Gasteiger partial charge in [0.05, 0.1) is 17.4 Å². The monoisotopic (exact) mass is 308 g/mol. The summed E-state index contributed by atoms with van der Waals surface area (Å²) in [5, 5.41) is 6.53. The lowest BCUT2D eigenvalue weighted by Crippen LogP contribution is -2.18. The fourth-order valence-electron chi connectivity index (χ4n) is 2.22. The Balaban J connectivity index is 2.33. The highest BCUT2D eigenvalue weighted by Gasteiger charge is 2.18. The van der Waals surface area contributed by atoms with Gasteiger partial charge in [0.25, 0.3) is 0 Å². The molecule has 0 fully saturated rings. The first-order valence-electron chi connectivity index (χ1n) is 6.76. The van der Waals surface area contributed by atoms with Crippen molar-refractivity contribution in [3.05, 3.63) is 45.6 Å². The van der Waals surface area contributed by atoms with Gasteiger partial charge >= 0.3 is 0 Å². The molecule has 108 valence electrons. The van der Waals surface area contributed by atoms with Gasteiger partial charge in [-0.1, -0.05) is 31.5 Å². The minimum absolute atomic E-state index is 0.298. The molecule has 1 aromatic carbocycles. The third-order valence-corrected chi connectivity index (χ3v) is 4.46. The number of benzene rings is 1. The van der Waals surface area contributed by atoms with Gasteiger partial charge in [-0.2, -0.15) is 0 Å². The zero-order valence-corrected chi connectivity index (χ0v) is 13.9. The highest BCUT2D eigenvalue weighted by molar-refractivity contribution is 7.10. The number of hydrogen-bond acceptors (Lipinski definition) is 3. The van der Waals surface area contributed by atoms with Crippen LogP contribution in [0, 0.1) is 5.92 Å². The standard InChI is InChI=1S/C16H21ClN2S/c1-11(2)16(15-6-5-9-20-15)18-13-10-12(17)7-8-14(13)19(3)4/h5-11,16,18H,1-4H3. The molecule has 2 rings (SSSR count). The molecule has 0 saturated heterocycles. The number of thiophene rings is 1. The summed E-state index contributed by atoms with van der Waals surface area (Å²) in [5.74, 6) is 0.502. The Hall–Kier alpha value is -1.19. The number of hydrogen-bond donors (Lipinski definition) is 1. The summed E-state index contributed by atoms with van der Waals surface area (Å²) < 4.78 is 0. The molecule has 1 N–H and O–H groups in total. The van der Waals surface area contributed by atoms with Gasteiger partial charge in [-0.3, -0.25) is 0 Å².